The summed E-state index contributed by atoms with van der Waals surface area (Å²) in [6, 6.07) is 17.6. The minimum atomic E-state index is -0.446. The molecule has 1 amide bonds. The summed E-state index contributed by atoms with van der Waals surface area (Å²) in [4.78, 5) is 28.1. The fourth-order valence-corrected chi connectivity index (χ4v) is 4.67. The van der Waals surface area contributed by atoms with E-state index >= 15 is 0 Å². The minimum Gasteiger partial charge on any atom is -0.493 e. The predicted octanol–water partition coefficient (Wildman–Crippen LogP) is 6.40. The molecule has 36 heavy (non-hydrogen) atoms. The molecule has 10 heteroatoms. The second-order valence-corrected chi connectivity index (χ2v) is 9.63. The number of amides is 1. The van der Waals surface area contributed by atoms with Gasteiger partial charge in [0.05, 0.1) is 22.6 Å². The topological polar surface area (TPSA) is 103 Å². The van der Waals surface area contributed by atoms with E-state index in [4.69, 9.17) is 9.47 Å². The number of halogens is 1. The summed E-state index contributed by atoms with van der Waals surface area (Å²) >= 11 is 4.79. The molecule has 0 aromatic heterocycles. The van der Waals surface area contributed by atoms with Crippen molar-refractivity contribution in [1.82, 2.24) is 5.32 Å². The molecule has 184 valence electrons. The number of ether oxygens (including phenoxy) is 2. The van der Waals surface area contributed by atoms with Gasteiger partial charge in [-0.25, -0.2) is 4.99 Å². The zero-order valence-corrected chi connectivity index (χ0v) is 21.9. The number of nitro groups is 1. The minimum absolute atomic E-state index is 0.000517. The van der Waals surface area contributed by atoms with Crippen molar-refractivity contribution >= 4 is 56.2 Å². The lowest BCUT2D eigenvalue weighted by atomic mass is 10.1. The highest BCUT2D eigenvalue weighted by molar-refractivity contribution is 9.10. The summed E-state index contributed by atoms with van der Waals surface area (Å²) in [7, 11) is 1.52. The van der Waals surface area contributed by atoms with Gasteiger partial charge in [-0.15, -0.1) is 0 Å². The quantitative estimate of drug-likeness (QED) is 0.192. The third-order valence-electron chi connectivity index (χ3n) is 5.31. The van der Waals surface area contributed by atoms with Gasteiger partial charge in [0.25, 0.3) is 11.6 Å². The largest absolute Gasteiger partial charge is 0.493 e. The molecule has 8 nitrogen and oxygen atoms in total. The van der Waals surface area contributed by atoms with E-state index in [-0.39, 0.29) is 18.2 Å². The second kappa shape index (κ2) is 11.4. The van der Waals surface area contributed by atoms with Crippen LogP contribution in [-0.4, -0.2) is 23.1 Å². The van der Waals surface area contributed by atoms with Crippen LogP contribution in [0.25, 0.3) is 6.08 Å². The van der Waals surface area contributed by atoms with Gasteiger partial charge in [0.15, 0.2) is 16.7 Å². The Hall–Kier alpha value is -3.63. The number of carbonyl (C=O) groups is 1. The van der Waals surface area contributed by atoms with Crippen molar-refractivity contribution in [2.24, 2.45) is 4.99 Å². The first kappa shape index (κ1) is 25.5. The standard InChI is InChI=1S/C26H22BrN3O5S/c1-3-16-7-9-19(10-8-16)28-26-29-25(31)24(36-26)13-18-12-22(34-2)23(14-21(18)27)35-15-17-5-4-6-20(11-17)30(32)33/h4-14H,3,15H2,1-2H3,(H,28,29,31)/b24-13-. The van der Waals surface area contributed by atoms with Gasteiger partial charge in [-0.05, 0) is 65.2 Å². The molecule has 1 heterocycles. The fourth-order valence-electron chi connectivity index (χ4n) is 3.40. The molecule has 1 N–H and O–H groups in total. The highest BCUT2D eigenvalue weighted by atomic mass is 79.9. The molecule has 3 aromatic rings. The molecule has 1 fully saturated rings. The summed E-state index contributed by atoms with van der Waals surface area (Å²) < 4.78 is 12.1. The van der Waals surface area contributed by atoms with Crippen molar-refractivity contribution in [3.63, 3.8) is 0 Å². The maximum atomic E-state index is 12.5. The molecule has 1 saturated heterocycles. The number of hydrogen-bond donors (Lipinski definition) is 1. The van der Waals surface area contributed by atoms with Crippen molar-refractivity contribution in [3.8, 4) is 11.5 Å². The van der Waals surface area contributed by atoms with Crippen LogP contribution in [0.3, 0.4) is 0 Å². The molecule has 0 atom stereocenters. The zero-order valence-electron chi connectivity index (χ0n) is 19.5. The Morgan fingerprint density at radius 2 is 1.89 bits per heavy atom. The lowest BCUT2D eigenvalue weighted by Crippen LogP contribution is -2.19. The van der Waals surface area contributed by atoms with E-state index in [1.165, 1.54) is 36.6 Å². The molecule has 0 unspecified atom stereocenters. The Morgan fingerprint density at radius 3 is 2.58 bits per heavy atom. The fraction of sp³-hybridized carbons (Fsp3) is 0.154. The van der Waals surface area contributed by atoms with Gasteiger partial charge in [-0.2, -0.15) is 0 Å². The Balaban J connectivity index is 1.51. The third-order valence-corrected chi connectivity index (χ3v) is 6.91. The number of non-ortho nitro benzene ring substituents is 1. The van der Waals surface area contributed by atoms with Crippen LogP contribution in [0.5, 0.6) is 11.5 Å². The molecule has 0 aliphatic carbocycles. The molecule has 0 spiro atoms. The van der Waals surface area contributed by atoms with Crippen molar-refractivity contribution < 1.29 is 19.2 Å². The number of hydrogen-bond acceptors (Lipinski definition) is 7. The van der Waals surface area contributed by atoms with Gasteiger partial charge in [-0.1, -0.05) is 47.1 Å². The number of amidine groups is 1. The number of methoxy groups -OCH3 is 1. The maximum absolute atomic E-state index is 12.5. The van der Waals surface area contributed by atoms with E-state index < -0.39 is 4.92 Å². The number of rotatable bonds is 8. The van der Waals surface area contributed by atoms with Crippen LogP contribution in [0, 0.1) is 10.1 Å². The summed E-state index contributed by atoms with van der Waals surface area (Å²) in [5.74, 6) is 0.684. The SMILES string of the molecule is CCc1ccc(N=C2NC(=O)/C(=C/c3cc(OC)c(OCc4cccc([N+](=O)[O-])c4)cc3Br)S2)cc1. The van der Waals surface area contributed by atoms with E-state index in [1.54, 1.807) is 30.3 Å². The smallest absolute Gasteiger partial charge is 0.269 e. The molecule has 4 rings (SSSR count). The van der Waals surface area contributed by atoms with Crippen LogP contribution < -0.4 is 14.8 Å². The summed E-state index contributed by atoms with van der Waals surface area (Å²) in [5.41, 5.74) is 3.37. The number of nitro benzene ring substituents is 1. The van der Waals surface area contributed by atoms with E-state index in [1.807, 2.05) is 24.3 Å². The van der Waals surface area contributed by atoms with Crippen LogP contribution in [0.2, 0.25) is 0 Å². The van der Waals surface area contributed by atoms with Crippen LogP contribution in [0.1, 0.15) is 23.6 Å². The number of nitrogens with zero attached hydrogens (tertiary/aromatic N) is 2. The van der Waals surface area contributed by atoms with E-state index in [9.17, 15) is 14.9 Å². The monoisotopic (exact) mass is 567 g/mol. The van der Waals surface area contributed by atoms with Gasteiger partial charge < -0.3 is 14.8 Å². The van der Waals surface area contributed by atoms with Crippen LogP contribution in [0.15, 0.2) is 75.0 Å². The maximum Gasteiger partial charge on any atom is 0.269 e. The summed E-state index contributed by atoms with van der Waals surface area (Å²) in [6.07, 6.45) is 2.70. The molecular formula is C26H22BrN3O5S. The normalized spacial score (nSPS) is 15.2. The lowest BCUT2D eigenvalue weighted by Gasteiger charge is -2.13. The zero-order chi connectivity index (χ0) is 25.7. The van der Waals surface area contributed by atoms with Crippen molar-refractivity contribution in [3.05, 3.63) is 96.8 Å². The van der Waals surface area contributed by atoms with E-state index in [0.717, 1.165) is 17.7 Å². The van der Waals surface area contributed by atoms with Gasteiger partial charge >= 0.3 is 0 Å². The van der Waals surface area contributed by atoms with Crippen molar-refractivity contribution in [2.75, 3.05) is 7.11 Å². The Kier molecular flexibility index (Phi) is 8.07. The summed E-state index contributed by atoms with van der Waals surface area (Å²) in [6.45, 7) is 2.22. The summed E-state index contributed by atoms with van der Waals surface area (Å²) in [5, 5.41) is 14.3. The molecule has 0 bridgehead atoms. The molecule has 3 aromatic carbocycles. The number of benzene rings is 3. The number of carbonyl (C=O) groups excluding carboxylic acids is 1. The highest BCUT2D eigenvalue weighted by Gasteiger charge is 2.24. The molecule has 0 saturated carbocycles. The Labute approximate surface area is 220 Å². The molecule has 1 aliphatic rings. The average Bonchev–Trinajstić information content (AvgIpc) is 3.22. The van der Waals surface area contributed by atoms with Gasteiger partial charge in [-0.3, -0.25) is 14.9 Å². The number of aliphatic imine (C=N–C) groups is 1. The first-order valence-electron chi connectivity index (χ1n) is 11.0. The highest BCUT2D eigenvalue weighted by Crippen LogP contribution is 2.37. The van der Waals surface area contributed by atoms with Crippen LogP contribution in [-0.2, 0) is 17.8 Å². The third kappa shape index (κ3) is 6.13. The lowest BCUT2D eigenvalue weighted by molar-refractivity contribution is -0.384. The van der Waals surface area contributed by atoms with Gasteiger partial charge in [0, 0.05) is 16.6 Å². The molecular weight excluding hydrogens is 546 g/mol. The van der Waals surface area contributed by atoms with Gasteiger partial charge in [0.2, 0.25) is 0 Å². The van der Waals surface area contributed by atoms with Crippen LogP contribution >= 0.6 is 27.7 Å². The predicted molar refractivity (Wildman–Crippen MR) is 145 cm³/mol. The van der Waals surface area contributed by atoms with Gasteiger partial charge in [0.1, 0.15) is 6.61 Å². The first-order valence-corrected chi connectivity index (χ1v) is 12.6. The molecule has 0 radical (unpaired) electrons. The number of nitrogens with one attached hydrogen (secondary N) is 1. The number of aryl methyl sites for hydroxylation is 1. The second-order valence-electron chi connectivity index (χ2n) is 7.74. The average molecular weight is 568 g/mol. The van der Waals surface area contributed by atoms with E-state index in [2.05, 4.69) is 33.2 Å². The number of thioether (sulfide) groups is 1. The Morgan fingerprint density at radius 1 is 1.11 bits per heavy atom. The first-order chi connectivity index (χ1) is 17.4. The van der Waals surface area contributed by atoms with Crippen molar-refractivity contribution in [2.45, 2.75) is 20.0 Å². The molecule has 1 aliphatic heterocycles. The van der Waals surface area contributed by atoms with E-state index in [0.29, 0.717) is 31.6 Å². The van der Waals surface area contributed by atoms with Crippen molar-refractivity contribution in [1.29, 1.82) is 0 Å². The Bertz CT molecular complexity index is 1370. The van der Waals surface area contributed by atoms with Crippen LogP contribution in [0.4, 0.5) is 11.4 Å².